The number of rotatable bonds is 4. The lowest BCUT2D eigenvalue weighted by Crippen LogP contribution is -2.11. The first-order valence-corrected chi connectivity index (χ1v) is 5.23. The van der Waals surface area contributed by atoms with Crippen molar-refractivity contribution in [1.29, 1.82) is 0 Å². The highest BCUT2D eigenvalue weighted by Crippen LogP contribution is 2.26. The quantitative estimate of drug-likeness (QED) is 0.444. The Morgan fingerprint density at radius 3 is 2.44 bits per heavy atom. The lowest BCUT2D eigenvalue weighted by Gasteiger charge is -2.09. The Labute approximate surface area is 95.7 Å². The molecule has 0 aliphatic rings. The van der Waals surface area contributed by atoms with Crippen LogP contribution in [0.2, 0.25) is 0 Å². The molecule has 0 radical (unpaired) electrons. The Hall–Kier alpha value is -1.77. The zero-order valence-corrected chi connectivity index (χ0v) is 9.82. The second kappa shape index (κ2) is 5.95. The smallest absolute Gasteiger partial charge is 0.339 e. The van der Waals surface area contributed by atoms with Gasteiger partial charge in [0.15, 0.2) is 11.5 Å². The van der Waals surface area contributed by atoms with E-state index in [0.29, 0.717) is 23.5 Å². The van der Waals surface area contributed by atoms with Crippen molar-refractivity contribution in [1.82, 2.24) is 0 Å². The molecule has 0 bridgehead atoms. The van der Waals surface area contributed by atoms with Crippen molar-refractivity contribution < 1.29 is 14.3 Å². The Morgan fingerprint density at radius 2 is 1.94 bits per heavy atom. The number of carbonyl (C=O) groups is 1. The molecule has 0 saturated carbocycles. The molecule has 0 unspecified atom stereocenters. The molecule has 0 aliphatic carbocycles. The number of benzene rings is 1. The van der Waals surface area contributed by atoms with Crippen molar-refractivity contribution in [3.05, 3.63) is 35.9 Å². The van der Waals surface area contributed by atoms with Gasteiger partial charge in [-0.15, -0.1) is 0 Å². The van der Waals surface area contributed by atoms with Gasteiger partial charge in [-0.1, -0.05) is 25.1 Å². The van der Waals surface area contributed by atoms with Gasteiger partial charge in [0.2, 0.25) is 0 Å². The molecule has 0 N–H and O–H groups in total. The van der Waals surface area contributed by atoms with Gasteiger partial charge in [-0.3, -0.25) is 0 Å². The van der Waals surface area contributed by atoms with Gasteiger partial charge in [-0.2, -0.15) is 0 Å². The van der Waals surface area contributed by atoms with E-state index < -0.39 is 0 Å². The Bertz CT molecular complexity index is 394. The number of ether oxygens (including phenoxy) is 2. The first-order valence-electron chi connectivity index (χ1n) is 5.23. The van der Waals surface area contributed by atoms with E-state index in [1.54, 1.807) is 31.4 Å². The second-order valence-corrected chi connectivity index (χ2v) is 3.21. The van der Waals surface area contributed by atoms with E-state index in [-0.39, 0.29) is 5.97 Å². The van der Waals surface area contributed by atoms with Crippen LogP contribution in [0.4, 0.5) is 0 Å². The molecule has 86 valence electrons. The van der Waals surface area contributed by atoms with Gasteiger partial charge in [0.25, 0.3) is 0 Å². The number of hydrogen-bond donors (Lipinski definition) is 0. The van der Waals surface area contributed by atoms with E-state index in [4.69, 9.17) is 9.47 Å². The van der Waals surface area contributed by atoms with E-state index in [1.807, 2.05) is 19.9 Å². The SMILES string of the molecule is CC=C(CC)C(=O)Oc1ccccc1OC. The van der Waals surface area contributed by atoms with Gasteiger partial charge >= 0.3 is 5.97 Å². The van der Waals surface area contributed by atoms with Crippen LogP contribution in [-0.4, -0.2) is 13.1 Å². The zero-order valence-electron chi connectivity index (χ0n) is 9.82. The molecule has 16 heavy (non-hydrogen) atoms. The van der Waals surface area contributed by atoms with Gasteiger partial charge in [0, 0.05) is 5.57 Å². The maximum Gasteiger partial charge on any atom is 0.339 e. The minimum atomic E-state index is -0.325. The van der Waals surface area contributed by atoms with Crippen LogP contribution < -0.4 is 9.47 Å². The highest BCUT2D eigenvalue weighted by Gasteiger charge is 2.11. The summed E-state index contributed by atoms with van der Waals surface area (Å²) < 4.78 is 10.3. The van der Waals surface area contributed by atoms with E-state index >= 15 is 0 Å². The van der Waals surface area contributed by atoms with Crippen molar-refractivity contribution in [3.63, 3.8) is 0 Å². The summed E-state index contributed by atoms with van der Waals surface area (Å²) in [6, 6.07) is 7.09. The Morgan fingerprint density at radius 1 is 1.31 bits per heavy atom. The number of para-hydroxylation sites is 2. The fourth-order valence-corrected chi connectivity index (χ4v) is 1.33. The number of esters is 1. The average Bonchev–Trinajstić information content (AvgIpc) is 2.31. The van der Waals surface area contributed by atoms with Crippen molar-refractivity contribution >= 4 is 5.97 Å². The minimum Gasteiger partial charge on any atom is -0.493 e. The third-order valence-corrected chi connectivity index (χ3v) is 2.26. The van der Waals surface area contributed by atoms with E-state index in [2.05, 4.69) is 0 Å². The Balaban J connectivity index is 2.84. The summed E-state index contributed by atoms with van der Waals surface area (Å²) >= 11 is 0. The summed E-state index contributed by atoms with van der Waals surface area (Å²) in [6.45, 7) is 3.74. The van der Waals surface area contributed by atoms with Crippen LogP contribution >= 0.6 is 0 Å². The van der Waals surface area contributed by atoms with Crippen molar-refractivity contribution in [2.45, 2.75) is 20.3 Å². The molecule has 1 aromatic rings. The summed E-state index contributed by atoms with van der Waals surface area (Å²) in [7, 11) is 1.54. The lowest BCUT2D eigenvalue weighted by atomic mass is 10.2. The van der Waals surface area contributed by atoms with Crippen molar-refractivity contribution in [2.75, 3.05) is 7.11 Å². The molecular formula is C13H16O3. The maximum absolute atomic E-state index is 11.7. The highest BCUT2D eigenvalue weighted by molar-refractivity contribution is 5.90. The van der Waals surface area contributed by atoms with E-state index in [0.717, 1.165) is 0 Å². The molecule has 0 saturated heterocycles. The van der Waals surface area contributed by atoms with Gasteiger partial charge in [-0.05, 0) is 25.5 Å². The predicted octanol–water partition coefficient (Wildman–Crippen LogP) is 2.96. The highest BCUT2D eigenvalue weighted by atomic mass is 16.6. The van der Waals surface area contributed by atoms with Crippen LogP contribution in [0, 0.1) is 0 Å². The predicted molar refractivity (Wildman–Crippen MR) is 62.7 cm³/mol. The molecule has 3 heteroatoms. The minimum absolute atomic E-state index is 0.325. The summed E-state index contributed by atoms with van der Waals surface area (Å²) in [6.07, 6.45) is 2.42. The molecule has 0 spiro atoms. The molecule has 0 aliphatic heterocycles. The van der Waals surface area contributed by atoms with Crippen molar-refractivity contribution in [3.8, 4) is 11.5 Å². The number of allylic oxidation sites excluding steroid dienone is 1. The maximum atomic E-state index is 11.7. The number of hydrogen-bond acceptors (Lipinski definition) is 3. The van der Waals surface area contributed by atoms with Crippen LogP contribution in [0.3, 0.4) is 0 Å². The standard InChI is InChI=1S/C13H16O3/c1-4-10(5-2)13(14)16-12-9-7-6-8-11(12)15-3/h4,6-9H,5H2,1-3H3. The Kier molecular flexibility index (Phi) is 4.58. The van der Waals surface area contributed by atoms with Gasteiger partial charge in [-0.25, -0.2) is 4.79 Å². The van der Waals surface area contributed by atoms with Crippen molar-refractivity contribution in [2.24, 2.45) is 0 Å². The summed E-state index contributed by atoms with van der Waals surface area (Å²) in [5.41, 5.74) is 0.658. The third-order valence-electron chi connectivity index (χ3n) is 2.26. The largest absolute Gasteiger partial charge is 0.493 e. The van der Waals surface area contributed by atoms with E-state index in [1.165, 1.54) is 0 Å². The normalized spacial score (nSPS) is 11.1. The summed E-state index contributed by atoms with van der Waals surface area (Å²) in [5, 5.41) is 0. The fourth-order valence-electron chi connectivity index (χ4n) is 1.33. The van der Waals surface area contributed by atoms with Crippen LogP contribution in [0.15, 0.2) is 35.9 Å². The first-order chi connectivity index (χ1) is 7.72. The molecular weight excluding hydrogens is 204 g/mol. The van der Waals surface area contributed by atoms with Crippen LogP contribution in [0.25, 0.3) is 0 Å². The topological polar surface area (TPSA) is 35.5 Å². The van der Waals surface area contributed by atoms with Gasteiger partial charge < -0.3 is 9.47 Å². The van der Waals surface area contributed by atoms with Crippen LogP contribution in [-0.2, 0) is 4.79 Å². The molecule has 0 fully saturated rings. The molecule has 0 atom stereocenters. The number of carbonyl (C=O) groups excluding carboxylic acids is 1. The number of methoxy groups -OCH3 is 1. The molecule has 1 rings (SSSR count). The molecule has 0 aromatic heterocycles. The van der Waals surface area contributed by atoms with Gasteiger partial charge in [0.05, 0.1) is 7.11 Å². The van der Waals surface area contributed by atoms with Crippen LogP contribution in [0.5, 0.6) is 11.5 Å². The van der Waals surface area contributed by atoms with E-state index in [9.17, 15) is 4.79 Å². The molecule has 0 amide bonds. The van der Waals surface area contributed by atoms with Gasteiger partial charge in [0.1, 0.15) is 0 Å². The molecule has 3 nitrogen and oxygen atoms in total. The molecule has 0 heterocycles. The second-order valence-electron chi connectivity index (χ2n) is 3.21. The summed E-state index contributed by atoms with van der Waals surface area (Å²) in [4.78, 5) is 11.7. The fraction of sp³-hybridized carbons (Fsp3) is 0.308. The summed E-state index contributed by atoms with van der Waals surface area (Å²) in [5.74, 6) is 0.680. The third kappa shape index (κ3) is 2.86. The monoisotopic (exact) mass is 220 g/mol. The molecule has 1 aromatic carbocycles. The first kappa shape index (κ1) is 12.3. The lowest BCUT2D eigenvalue weighted by molar-refractivity contribution is -0.130. The average molecular weight is 220 g/mol. The van der Waals surface area contributed by atoms with Crippen LogP contribution in [0.1, 0.15) is 20.3 Å². The zero-order chi connectivity index (χ0) is 12.0.